The highest BCUT2D eigenvalue weighted by Gasteiger charge is 2.24. The summed E-state index contributed by atoms with van der Waals surface area (Å²) < 4.78 is 1.58. The maximum absolute atomic E-state index is 3.59. The van der Waals surface area contributed by atoms with E-state index >= 15 is 0 Å². The van der Waals surface area contributed by atoms with Gasteiger partial charge in [0.15, 0.2) is 0 Å². The third-order valence-corrected chi connectivity index (χ3v) is 5.84. The van der Waals surface area contributed by atoms with Crippen molar-refractivity contribution in [1.29, 1.82) is 0 Å². The van der Waals surface area contributed by atoms with Crippen LogP contribution >= 0.6 is 43.6 Å². The summed E-state index contributed by atoms with van der Waals surface area (Å²) in [5.41, 5.74) is 2.75. The quantitative estimate of drug-likeness (QED) is 0.646. The number of alkyl halides is 1. The van der Waals surface area contributed by atoms with Crippen molar-refractivity contribution < 1.29 is 0 Å². The van der Waals surface area contributed by atoms with Crippen molar-refractivity contribution in [2.24, 2.45) is 0 Å². The minimum absolute atomic E-state index is 0.412. The molecule has 0 amide bonds. The molecule has 1 saturated heterocycles. The average Bonchev–Trinajstić information content (AvgIpc) is 2.50. The Morgan fingerprint density at radius 3 is 2.83 bits per heavy atom. The van der Waals surface area contributed by atoms with E-state index in [9.17, 15) is 0 Å². The van der Waals surface area contributed by atoms with Crippen LogP contribution in [0.15, 0.2) is 22.7 Å². The number of hydrogen-bond acceptors (Lipinski definition) is 2. The van der Waals surface area contributed by atoms with Crippen LogP contribution in [0.25, 0.3) is 0 Å². The zero-order valence-electron chi connectivity index (χ0n) is 10.9. The van der Waals surface area contributed by atoms with Gasteiger partial charge < -0.3 is 4.90 Å². The average molecular weight is 393 g/mol. The van der Waals surface area contributed by atoms with Gasteiger partial charge in [0.25, 0.3) is 0 Å². The van der Waals surface area contributed by atoms with Gasteiger partial charge in [-0.3, -0.25) is 0 Å². The van der Waals surface area contributed by atoms with Gasteiger partial charge in [0.1, 0.15) is 0 Å². The number of anilines is 1. The first-order chi connectivity index (χ1) is 8.52. The Kier molecular flexibility index (Phi) is 5.06. The minimum Gasteiger partial charge on any atom is -0.370 e. The first-order valence-corrected chi connectivity index (χ1v) is 9.15. The standard InChI is InChI=1S/C14H19Br2NS/c1-14(2)5-6-17(7-8-18-14)13-9-12(16)4-3-11(13)10-15/h3-4,9H,5-8,10H2,1-2H3. The molecule has 1 aliphatic rings. The second-order valence-electron chi connectivity index (χ2n) is 5.25. The molecule has 1 aliphatic heterocycles. The summed E-state index contributed by atoms with van der Waals surface area (Å²) in [6.07, 6.45) is 1.24. The molecule has 0 saturated carbocycles. The van der Waals surface area contributed by atoms with Gasteiger partial charge in [-0.2, -0.15) is 11.8 Å². The molecule has 0 N–H and O–H groups in total. The molecular weight excluding hydrogens is 374 g/mol. The molecule has 0 radical (unpaired) electrons. The first kappa shape index (κ1) is 14.7. The van der Waals surface area contributed by atoms with E-state index in [0.717, 1.165) is 18.4 Å². The van der Waals surface area contributed by atoms with E-state index in [1.807, 2.05) is 0 Å². The summed E-state index contributed by atoms with van der Waals surface area (Å²) >= 11 is 9.27. The number of rotatable bonds is 2. The van der Waals surface area contributed by atoms with Gasteiger partial charge >= 0.3 is 0 Å². The second kappa shape index (κ2) is 6.19. The molecule has 4 heteroatoms. The molecule has 18 heavy (non-hydrogen) atoms. The third kappa shape index (κ3) is 3.67. The van der Waals surface area contributed by atoms with Crippen LogP contribution in [0.4, 0.5) is 5.69 Å². The van der Waals surface area contributed by atoms with Gasteiger partial charge in [-0.05, 0) is 24.1 Å². The van der Waals surface area contributed by atoms with Gasteiger partial charge in [-0.25, -0.2) is 0 Å². The summed E-state index contributed by atoms with van der Waals surface area (Å²) in [5, 5.41) is 0.919. The molecule has 0 bridgehead atoms. The molecule has 2 rings (SSSR count). The van der Waals surface area contributed by atoms with E-state index in [2.05, 4.69) is 80.6 Å². The molecule has 0 aliphatic carbocycles. The highest BCUT2D eigenvalue weighted by atomic mass is 79.9. The lowest BCUT2D eigenvalue weighted by molar-refractivity contribution is 0.637. The van der Waals surface area contributed by atoms with Crippen LogP contribution in [0, 0.1) is 0 Å². The Morgan fingerprint density at radius 1 is 1.33 bits per heavy atom. The van der Waals surface area contributed by atoms with Crippen molar-refractivity contribution >= 4 is 49.3 Å². The van der Waals surface area contributed by atoms with Crippen LogP contribution < -0.4 is 4.90 Å². The zero-order valence-corrected chi connectivity index (χ0v) is 14.9. The number of benzene rings is 1. The number of thioether (sulfide) groups is 1. The normalized spacial score (nSPS) is 19.7. The lowest BCUT2D eigenvalue weighted by Gasteiger charge is -2.26. The lowest BCUT2D eigenvalue weighted by Crippen LogP contribution is -2.27. The number of hydrogen-bond donors (Lipinski definition) is 0. The Hall–Kier alpha value is 0.330. The second-order valence-corrected chi connectivity index (χ2v) is 8.53. The van der Waals surface area contributed by atoms with Crippen molar-refractivity contribution in [3.8, 4) is 0 Å². The largest absolute Gasteiger partial charge is 0.370 e. The van der Waals surface area contributed by atoms with E-state index < -0.39 is 0 Å². The summed E-state index contributed by atoms with van der Waals surface area (Å²) in [5.74, 6) is 1.21. The Labute approximate surface area is 131 Å². The fourth-order valence-corrected chi connectivity index (χ4v) is 4.13. The van der Waals surface area contributed by atoms with E-state index in [4.69, 9.17) is 0 Å². The molecule has 0 spiro atoms. The maximum Gasteiger partial charge on any atom is 0.0418 e. The molecule has 0 unspecified atom stereocenters. The van der Waals surface area contributed by atoms with Crippen molar-refractivity contribution in [1.82, 2.24) is 0 Å². The molecule has 0 atom stereocenters. The molecule has 1 aromatic carbocycles. The maximum atomic E-state index is 3.59. The molecule has 1 nitrogen and oxygen atoms in total. The van der Waals surface area contributed by atoms with Crippen LogP contribution in [0.5, 0.6) is 0 Å². The van der Waals surface area contributed by atoms with Crippen molar-refractivity contribution in [3.63, 3.8) is 0 Å². The van der Waals surface area contributed by atoms with E-state index in [-0.39, 0.29) is 0 Å². The molecule has 1 aromatic rings. The minimum atomic E-state index is 0.412. The van der Waals surface area contributed by atoms with Crippen LogP contribution in [0.2, 0.25) is 0 Å². The first-order valence-electron chi connectivity index (χ1n) is 6.25. The summed E-state index contributed by atoms with van der Waals surface area (Å²) in [4.78, 5) is 2.53. The molecule has 0 aromatic heterocycles. The van der Waals surface area contributed by atoms with Crippen molar-refractivity contribution in [2.75, 3.05) is 23.7 Å². The van der Waals surface area contributed by atoms with Gasteiger partial charge in [-0.1, -0.05) is 51.8 Å². The van der Waals surface area contributed by atoms with E-state index in [0.29, 0.717) is 4.75 Å². The van der Waals surface area contributed by atoms with Crippen molar-refractivity contribution in [3.05, 3.63) is 28.2 Å². The van der Waals surface area contributed by atoms with E-state index in [1.165, 1.54) is 27.9 Å². The van der Waals surface area contributed by atoms with E-state index in [1.54, 1.807) is 0 Å². The summed E-state index contributed by atoms with van der Waals surface area (Å²) in [6.45, 7) is 7.00. The molecule has 100 valence electrons. The van der Waals surface area contributed by atoms with Gasteiger partial charge in [0.2, 0.25) is 0 Å². The number of nitrogens with zero attached hydrogens (tertiary/aromatic N) is 1. The topological polar surface area (TPSA) is 3.24 Å². The zero-order chi connectivity index (χ0) is 13.2. The predicted octanol–water partition coefficient (Wildman–Crippen LogP) is 5.07. The monoisotopic (exact) mass is 391 g/mol. The predicted molar refractivity (Wildman–Crippen MR) is 90.1 cm³/mol. The van der Waals surface area contributed by atoms with Crippen LogP contribution in [0.1, 0.15) is 25.8 Å². The Bertz CT molecular complexity index is 420. The van der Waals surface area contributed by atoms with Gasteiger partial charge in [0, 0.05) is 39.1 Å². The SMILES string of the molecule is CC1(C)CCN(c2cc(Br)ccc2CBr)CCS1. The van der Waals surface area contributed by atoms with Gasteiger partial charge in [0.05, 0.1) is 0 Å². The smallest absolute Gasteiger partial charge is 0.0418 e. The Morgan fingerprint density at radius 2 is 2.11 bits per heavy atom. The van der Waals surface area contributed by atoms with Crippen LogP contribution in [0.3, 0.4) is 0 Å². The van der Waals surface area contributed by atoms with Gasteiger partial charge in [-0.15, -0.1) is 0 Å². The highest BCUT2D eigenvalue weighted by Crippen LogP contribution is 2.34. The van der Waals surface area contributed by atoms with Crippen molar-refractivity contribution in [2.45, 2.75) is 30.3 Å². The lowest BCUT2D eigenvalue weighted by atomic mass is 10.1. The van der Waals surface area contributed by atoms with Crippen LogP contribution in [-0.4, -0.2) is 23.6 Å². The Balaban J connectivity index is 2.23. The fourth-order valence-electron chi connectivity index (χ4n) is 2.21. The number of halogens is 2. The van der Waals surface area contributed by atoms with Crippen LogP contribution in [-0.2, 0) is 5.33 Å². The molecule has 1 fully saturated rings. The summed E-state index contributed by atoms with van der Waals surface area (Å²) in [6, 6.07) is 6.58. The third-order valence-electron chi connectivity index (χ3n) is 3.37. The molecule has 1 heterocycles. The summed E-state index contributed by atoms with van der Waals surface area (Å²) in [7, 11) is 0. The fraction of sp³-hybridized carbons (Fsp3) is 0.571. The molecular formula is C14H19Br2NS. The highest BCUT2D eigenvalue weighted by molar-refractivity contribution is 9.10.